The summed E-state index contributed by atoms with van der Waals surface area (Å²) in [6.07, 6.45) is 2.66. The molecule has 0 radical (unpaired) electrons. The molecule has 0 aliphatic rings. The Hall–Kier alpha value is -1.97. The maximum Gasteiger partial charge on any atom is 0.180 e. The molecule has 0 saturated heterocycles. The van der Waals surface area contributed by atoms with Crippen molar-refractivity contribution in [1.82, 2.24) is 15.0 Å². The standard InChI is InChI=1S/C17H24N4/c1-6-14-11-16(21(5)13(4)12(2)3)20-17(19-14)15-9-7-8-10-18-15/h7-13H,6H2,1-5H3/t13-/m0/s1. The van der Waals surface area contributed by atoms with Gasteiger partial charge in [0.2, 0.25) is 0 Å². The Balaban J connectivity index is 2.43. The van der Waals surface area contributed by atoms with E-state index < -0.39 is 0 Å². The Bertz CT molecular complexity index is 581. The molecule has 21 heavy (non-hydrogen) atoms. The first-order chi connectivity index (χ1) is 10.0. The van der Waals surface area contributed by atoms with Crippen LogP contribution in [0.3, 0.4) is 0 Å². The molecule has 0 aliphatic heterocycles. The van der Waals surface area contributed by atoms with Gasteiger partial charge in [-0.25, -0.2) is 9.97 Å². The molecule has 2 aromatic heterocycles. The normalized spacial score (nSPS) is 12.5. The Morgan fingerprint density at radius 3 is 2.48 bits per heavy atom. The van der Waals surface area contributed by atoms with E-state index in [9.17, 15) is 0 Å². The summed E-state index contributed by atoms with van der Waals surface area (Å²) in [6.45, 7) is 8.78. The van der Waals surface area contributed by atoms with Gasteiger partial charge in [0.15, 0.2) is 5.82 Å². The quantitative estimate of drug-likeness (QED) is 0.841. The zero-order chi connectivity index (χ0) is 15.4. The average Bonchev–Trinajstić information content (AvgIpc) is 2.53. The molecule has 1 atom stereocenters. The molecule has 0 bridgehead atoms. The molecule has 2 aromatic rings. The number of rotatable bonds is 5. The van der Waals surface area contributed by atoms with Crippen molar-refractivity contribution in [2.45, 2.75) is 40.2 Å². The first kappa shape index (κ1) is 15.4. The lowest BCUT2D eigenvalue weighted by molar-refractivity contribution is 0.502. The first-order valence-electron chi connectivity index (χ1n) is 7.55. The number of hydrogen-bond donors (Lipinski definition) is 0. The largest absolute Gasteiger partial charge is 0.357 e. The third-order valence-corrected chi connectivity index (χ3v) is 3.96. The van der Waals surface area contributed by atoms with Crippen LogP contribution in [0, 0.1) is 5.92 Å². The van der Waals surface area contributed by atoms with Gasteiger partial charge in [0.1, 0.15) is 11.5 Å². The van der Waals surface area contributed by atoms with Crippen LogP contribution in [0.2, 0.25) is 0 Å². The molecule has 2 heterocycles. The smallest absolute Gasteiger partial charge is 0.180 e. The van der Waals surface area contributed by atoms with Crippen LogP contribution in [0.25, 0.3) is 11.5 Å². The second-order valence-corrected chi connectivity index (χ2v) is 5.71. The molecule has 112 valence electrons. The molecule has 0 fully saturated rings. The third kappa shape index (κ3) is 3.57. The minimum Gasteiger partial charge on any atom is -0.357 e. The molecule has 2 rings (SSSR count). The Kier molecular flexibility index (Phi) is 4.89. The van der Waals surface area contributed by atoms with Crippen LogP contribution in [-0.4, -0.2) is 28.0 Å². The first-order valence-corrected chi connectivity index (χ1v) is 7.55. The van der Waals surface area contributed by atoms with E-state index >= 15 is 0 Å². The second kappa shape index (κ2) is 6.66. The van der Waals surface area contributed by atoms with Crippen molar-refractivity contribution in [2.75, 3.05) is 11.9 Å². The minimum absolute atomic E-state index is 0.418. The summed E-state index contributed by atoms with van der Waals surface area (Å²) in [4.78, 5) is 15.9. The van der Waals surface area contributed by atoms with Gasteiger partial charge >= 0.3 is 0 Å². The summed E-state index contributed by atoms with van der Waals surface area (Å²) in [5.74, 6) is 2.23. The van der Waals surface area contributed by atoms with Crippen molar-refractivity contribution < 1.29 is 0 Å². The topological polar surface area (TPSA) is 41.9 Å². The molecule has 0 amide bonds. The third-order valence-electron chi connectivity index (χ3n) is 3.96. The van der Waals surface area contributed by atoms with Gasteiger partial charge in [-0.15, -0.1) is 0 Å². The fraction of sp³-hybridized carbons (Fsp3) is 0.471. The van der Waals surface area contributed by atoms with Gasteiger partial charge in [-0.3, -0.25) is 4.98 Å². The summed E-state index contributed by atoms with van der Waals surface area (Å²) in [6, 6.07) is 8.31. The second-order valence-electron chi connectivity index (χ2n) is 5.71. The molecule has 0 unspecified atom stereocenters. The zero-order valence-electron chi connectivity index (χ0n) is 13.5. The Morgan fingerprint density at radius 1 is 1.14 bits per heavy atom. The van der Waals surface area contributed by atoms with Crippen molar-refractivity contribution in [3.05, 3.63) is 36.2 Å². The molecule has 0 aromatic carbocycles. The van der Waals surface area contributed by atoms with Crippen LogP contribution in [-0.2, 0) is 6.42 Å². The molecular weight excluding hydrogens is 260 g/mol. The number of anilines is 1. The zero-order valence-corrected chi connectivity index (χ0v) is 13.5. The van der Waals surface area contributed by atoms with E-state index in [0.717, 1.165) is 23.6 Å². The predicted molar refractivity (Wildman–Crippen MR) is 87.3 cm³/mol. The monoisotopic (exact) mass is 284 g/mol. The van der Waals surface area contributed by atoms with E-state index in [4.69, 9.17) is 4.98 Å². The van der Waals surface area contributed by atoms with E-state index in [0.29, 0.717) is 17.8 Å². The highest BCUT2D eigenvalue weighted by atomic mass is 15.2. The van der Waals surface area contributed by atoms with Crippen LogP contribution in [0.4, 0.5) is 5.82 Å². The Morgan fingerprint density at radius 2 is 1.90 bits per heavy atom. The lowest BCUT2D eigenvalue weighted by Crippen LogP contribution is -2.34. The highest BCUT2D eigenvalue weighted by molar-refractivity contribution is 5.53. The van der Waals surface area contributed by atoms with E-state index in [1.165, 1.54) is 0 Å². The van der Waals surface area contributed by atoms with Gasteiger partial charge in [0.25, 0.3) is 0 Å². The number of aryl methyl sites for hydroxylation is 1. The maximum absolute atomic E-state index is 4.71. The van der Waals surface area contributed by atoms with Crippen LogP contribution < -0.4 is 4.90 Å². The van der Waals surface area contributed by atoms with Gasteiger partial charge < -0.3 is 4.90 Å². The fourth-order valence-corrected chi connectivity index (χ4v) is 2.11. The fourth-order valence-electron chi connectivity index (χ4n) is 2.11. The van der Waals surface area contributed by atoms with E-state index in [1.54, 1.807) is 6.20 Å². The molecular formula is C17H24N4. The molecule has 0 spiro atoms. The van der Waals surface area contributed by atoms with E-state index in [1.807, 2.05) is 18.2 Å². The van der Waals surface area contributed by atoms with Crippen LogP contribution in [0.1, 0.15) is 33.4 Å². The average molecular weight is 284 g/mol. The maximum atomic E-state index is 4.71. The van der Waals surface area contributed by atoms with Crippen LogP contribution >= 0.6 is 0 Å². The molecule has 0 saturated carbocycles. The molecule has 0 N–H and O–H groups in total. The number of hydrogen-bond acceptors (Lipinski definition) is 4. The Labute approximate surface area is 127 Å². The summed E-state index contributed by atoms with van der Waals surface area (Å²) in [5.41, 5.74) is 1.86. The lowest BCUT2D eigenvalue weighted by atomic mass is 10.1. The number of pyridine rings is 1. The van der Waals surface area contributed by atoms with Gasteiger partial charge in [0.05, 0.1) is 0 Å². The summed E-state index contributed by atoms with van der Waals surface area (Å²) in [5, 5.41) is 0. The highest BCUT2D eigenvalue weighted by Crippen LogP contribution is 2.21. The van der Waals surface area contributed by atoms with Gasteiger partial charge in [-0.2, -0.15) is 0 Å². The highest BCUT2D eigenvalue weighted by Gasteiger charge is 2.17. The summed E-state index contributed by atoms with van der Waals surface area (Å²) < 4.78 is 0. The van der Waals surface area contributed by atoms with Crippen molar-refractivity contribution in [1.29, 1.82) is 0 Å². The van der Waals surface area contributed by atoms with Crippen molar-refractivity contribution >= 4 is 5.82 Å². The van der Waals surface area contributed by atoms with Crippen molar-refractivity contribution in [2.24, 2.45) is 5.92 Å². The summed E-state index contributed by atoms with van der Waals surface area (Å²) in [7, 11) is 2.09. The van der Waals surface area contributed by atoms with Crippen LogP contribution in [0.5, 0.6) is 0 Å². The van der Waals surface area contributed by atoms with Crippen molar-refractivity contribution in [3.63, 3.8) is 0 Å². The minimum atomic E-state index is 0.418. The summed E-state index contributed by atoms with van der Waals surface area (Å²) >= 11 is 0. The predicted octanol–water partition coefficient (Wildman–Crippen LogP) is 3.58. The van der Waals surface area contributed by atoms with Gasteiger partial charge in [-0.1, -0.05) is 26.8 Å². The number of nitrogens with zero attached hydrogens (tertiary/aromatic N) is 4. The molecule has 4 heteroatoms. The SMILES string of the molecule is CCc1cc(N(C)[C@@H](C)C(C)C)nc(-c2ccccn2)n1. The van der Waals surface area contributed by atoms with Crippen molar-refractivity contribution in [3.8, 4) is 11.5 Å². The number of aromatic nitrogens is 3. The molecule has 4 nitrogen and oxygen atoms in total. The lowest BCUT2D eigenvalue weighted by Gasteiger charge is -2.29. The van der Waals surface area contributed by atoms with E-state index in [2.05, 4.69) is 55.7 Å². The van der Waals surface area contributed by atoms with Crippen LogP contribution in [0.15, 0.2) is 30.5 Å². The van der Waals surface area contributed by atoms with Gasteiger partial charge in [0, 0.05) is 31.0 Å². The van der Waals surface area contributed by atoms with Gasteiger partial charge in [-0.05, 0) is 31.4 Å². The van der Waals surface area contributed by atoms with E-state index in [-0.39, 0.29) is 0 Å². The molecule has 0 aliphatic carbocycles.